The molecule has 198 valence electrons. The van der Waals surface area contributed by atoms with Gasteiger partial charge in [0, 0.05) is 31.8 Å². The van der Waals surface area contributed by atoms with Gasteiger partial charge in [-0.3, -0.25) is 24.6 Å². The van der Waals surface area contributed by atoms with Gasteiger partial charge in [0.05, 0.1) is 28.4 Å². The van der Waals surface area contributed by atoms with Crippen molar-refractivity contribution in [3.8, 4) is 5.75 Å². The van der Waals surface area contributed by atoms with E-state index in [4.69, 9.17) is 9.47 Å². The van der Waals surface area contributed by atoms with Gasteiger partial charge in [0.15, 0.2) is 0 Å². The van der Waals surface area contributed by atoms with Crippen LogP contribution in [0, 0.1) is 10.1 Å². The number of morpholine rings is 1. The van der Waals surface area contributed by atoms with Crippen LogP contribution in [0.3, 0.4) is 0 Å². The SMILES string of the molecule is O=C(O)C(CN1CCOCC1)NS(=O)(=O)c1ccc(OC(=O)C2(c3ccc([N+](=O)[O-])cc3)CCC2)cc1. The third-order valence-electron chi connectivity index (χ3n) is 6.71. The van der Waals surface area contributed by atoms with Crippen molar-refractivity contribution in [2.24, 2.45) is 0 Å². The van der Waals surface area contributed by atoms with E-state index in [1.54, 1.807) is 12.1 Å². The second-order valence-corrected chi connectivity index (χ2v) is 10.7. The second kappa shape index (κ2) is 10.9. The Hall–Kier alpha value is -3.39. The number of benzene rings is 2. The lowest BCUT2D eigenvalue weighted by atomic mass is 9.64. The Labute approximate surface area is 213 Å². The molecular formula is C24H27N3O9S. The first kappa shape index (κ1) is 26.7. The Kier molecular flexibility index (Phi) is 7.87. The predicted molar refractivity (Wildman–Crippen MR) is 130 cm³/mol. The fourth-order valence-corrected chi connectivity index (χ4v) is 5.58. The molecule has 0 bridgehead atoms. The van der Waals surface area contributed by atoms with Crippen molar-refractivity contribution >= 4 is 27.6 Å². The molecule has 4 rings (SSSR count). The number of carboxylic acid groups (broad SMARTS) is 1. The normalized spacial score (nSPS) is 18.4. The number of sulfonamides is 1. The number of non-ortho nitro benzene ring substituents is 1. The third kappa shape index (κ3) is 5.96. The van der Waals surface area contributed by atoms with Gasteiger partial charge in [-0.15, -0.1) is 0 Å². The molecule has 2 N–H and O–H groups in total. The molecule has 1 aliphatic heterocycles. The van der Waals surface area contributed by atoms with Gasteiger partial charge >= 0.3 is 11.9 Å². The molecule has 0 radical (unpaired) electrons. The molecule has 12 nitrogen and oxygen atoms in total. The summed E-state index contributed by atoms with van der Waals surface area (Å²) in [5.74, 6) is -1.70. The summed E-state index contributed by atoms with van der Waals surface area (Å²) in [5, 5.41) is 20.5. The Bertz CT molecular complexity index is 1250. The number of nitro groups is 1. The maximum absolute atomic E-state index is 13.1. The summed E-state index contributed by atoms with van der Waals surface area (Å²) in [7, 11) is -4.16. The summed E-state index contributed by atoms with van der Waals surface area (Å²) >= 11 is 0. The number of nitrogens with one attached hydrogen (secondary N) is 1. The molecular weight excluding hydrogens is 506 g/mol. The first-order valence-electron chi connectivity index (χ1n) is 11.7. The molecule has 1 atom stereocenters. The largest absolute Gasteiger partial charge is 0.480 e. The average Bonchev–Trinajstić information content (AvgIpc) is 2.84. The Morgan fingerprint density at radius 1 is 1.11 bits per heavy atom. The van der Waals surface area contributed by atoms with E-state index < -0.39 is 38.3 Å². The zero-order valence-electron chi connectivity index (χ0n) is 19.9. The van der Waals surface area contributed by atoms with Crippen molar-refractivity contribution in [1.82, 2.24) is 9.62 Å². The zero-order valence-corrected chi connectivity index (χ0v) is 20.7. The Morgan fingerprint density at radius 3 is 2.24 bits per heavy atom. The van der Waals surface area contributed by atoms with E-state index in [0.717, 1.165) is 6.42 Å². The molecule has 1 saturated heterocycles. The minimum atomic E-state index is -4.16. The van der Waals surface area contributed by atoms with Gasteiger partial charge in [-0.2, -0.15) is 4.72 Å². The van der Waals surface area contributed by atoms with Crippen LogP contribution in [0.5, 0.6) is 5.75 Å². The summed E-state index contributed by atoms with van der Waals surface area (Å²) in [4.78, 5) is 36.8. The standard InChI is InChI=1S/C24H27N3O9S/c28-22(29)21(16-26-12-14-35-15-13-26)25-37(33,34)20-8-6-19(7-9-20)36-23(30)24(10-1-11-24)17-2-4-18(5-3-17)27(31)32/h2-9,21,25H,1,10-16H2,(H,28,29). The van der Waals surface area contributed by atoms with Gasteiger partial charge in [-0.25, -0.2) is 8.42 Å². The molecule has 1 unspecified atom stereocenters. The molecule has 2 fully saturated rings. The van der Waals surface area contributed by atoms with E-state index in [9.17, 15) is 33.2 Å². The lowest BCUT2D eigenvalue weighted by molar-refractivity contribution is -0.384. The molecule has 37 heavy (non-hydrogen) atoms. The third-order valence-corrected chi connectivity index (χ3v) is 8.20. The van der Waals surface area contributed by atoms with Crippen molar-refractivity contribution in [1.29, 1.82) is 0 Å². The molecule has 2 aliphatic rings. The van der Waals surface area contributed by atoms with Gasteiger partial charge in [0.25, 0.3) is 5.69 Å². The molecule has 0 aromatic heterocycles. The van der Waals surface area contributed by atoms with Crippen LogP contribution in [0.1, 0.15) is 24.8 Å². The summed E-state index contributed by atoms with van der Waals surface area (Å²) in [5.41, 5.74) is -0.375. The molecule has 1 saturated carbocycles. The number of nitro benzene ring substituents is 1. The summed E-state index contributed by atoms with van der Waals surface area (Å²) in [6.07, 6.45) is 1.85. The van der Waals surface area contributed by atoms with Crippen molar-refractivity contribution in [3.05, 3.63) is 64.2 Å². The fraction of sp³-hybridized carbons (Fsp3) is 0.417. The maximum Gasteiger partial charge on any atom is 0.323 e. The van der Waals surface area contributed by atoms with Gasteiger partial charge in [0.2, 0.25) is 10.0 Å². The van der Waals surface area contributed by atoms with Gasteiger partial charge in [-0.1, -0.05) is 18.6 Å². The van der Waals surface area contributed by atoms with Crippen molar-refractivity contribution in [2.45, 2.75) is 35.6 Å². The number of hydrogen-bond acceptors (Lipinski definition) is 9. The first-order valence-corrected chi connectivity index (χ1v) is 13.2. The van der Waals surface area contributed by atoms with Gasteiger partial charge in [0.1, 0.15) is 11.8 Å². The summed E-state index contributed by atoms with van der Waals surface area (Å²) in [6, 6.07) is 9.57. The van der Waals surface area contributed by atoms with Crippen LogP contribution in [0.25, 0.3) is 0 Å². The smallest absolute Gasteiger partial charge is 0.323 e. The lowest BCUT2D eigenvalue weighted by Crippen LogP contribution is -2.50. The van der Waals surface area contributed by atoms with Crippen LogP contribution < -0.4 is 9.46 Å². The number of aliphatic carboxylic acids is 1. The van der Waals surface area contributed by atoms with Crippen LogP contribution in [-0.2, 0) is 29.8 Å². The van der Waals surface area contributed by atoms with Crippen LogP contribution in [0.4, 0.5) is 5.69 Å². The topological polar surface area (TPSA) is 165 Å². The average molecular weight is 534 g/mol. The highest BCUT2D eigenvalue weighted by molar-refractivity contribution is 7.89. The minimum Gasteiger partial charge on any atom is -0.480 e. The van der Waals surface area contributed by atoms with Gasteiger partial charge < -0.3 is 14.6 Å². The van der Waals surface area contributed by atoms with Crippen molar-refractivity contribution in [3.63, 3.8) is 0 Å². The van der Waals surface area contributed by atoms with E-state index in [1.165, 1.54) is 36.4 Å². The molecule has 2 aromatic rings. The molecule has 1 aliphatic carbocycles. The van der Waals surface area contributed by atoms with E-state index in [0.29, 0.717) is 44.7 Å². The van der Waals surface area contributed by atoms with Crippen LogP contribution in [0.15, 0.2) is 53.4 Å². The predicted octanol–water partition coefficient (Wildman–Crippen LogP) is 1.69. The Morgan fingerprint density at radius 2 is 1.73 bits per heavy atom. The van der Waals surface area contributed by atoms with Crippen molar-refractivity contribution < 1.29 is 37.5 Å². The number of carboxylic acids is 1. The number of carbonyl (C=O) groups excluding carboxylic acids is 1. The molecule has 0 spiro atoms. The van der Waals surface area contributed by atoms with Crippen molar-refractivity contribution in [2.75, 3.05) is 32.8 Å². The number of carbonyl (C=O) groups is 2. The van der Waals surface area contributed by atoms with Crippen LogP contribution >= 0.6 is 0 Å². The molecule has 13 heteroatoms. The lowest BCUT2D eigenvalue weighted by Gasteiger charge is -2.39. The number of rotatable bonds is 10. The fourth-order valence-electron chi connectivity index (χ4n) is 4.40. The number of esters is 1. The number of nitrogens with zero attached hydrogens (tertiary/aromatic N) is 2. The molecule has 1 heterocycles. The highest BCUT2D eigenvalue weighted by atomic mass is 32.2. The quantitative estimate of drug-likeness (QED) is 0.199. The minimum absolute atomic E-state index is 0.00164. The van der Waals surface area contributed by atoms with E-state index in [-0.39, 0.29) is 22.9 Å². The van der Waals surface area contributed by atoms with E-state index in [2.05, 4.69) is 4.72 Å². The summed E-state index contributed by atoms with van der Waals surface area (Å²) < 4.78 is 38.6. The second-order valence-electron chi connectivity index (χ2n) is 9.03. The zero-order chi connectivity index (χ0) is 26.6. The number of hydrogen-bond donors (Lipinski definition) is 2. The summed E-state index contributed by atoms with van der Waals surface area (Å²) in [6.45, 7) is 1.91. The molecule has 2 aromatic carbocycles. The Balaban J connectivity index is 1.43. The van der Waals surface area contributed by atoms with Crippen LogP contribution in [0.2, 0.25) is 0 Å². The maximum atomic E-state index is 13.1. The van der Waals surface area contributed by atoms with E-state index in [1.807, 2.05) is 4.90 Å². The van der Waals surface area contributed by atoms with Gasteiger partial charge in [-0.05, 0) is 42.7 Å². The van der Waals surface area contributed by atoms with E-state index >= 15 is 0 Å². The highest BCUT2D eigenvalue weighted by Crippen LogP contribution is 2.45. The van der Waals surface area contributed by atoms with Crippen LogP contribution in [-0.4, -0.2) is 74.2 Å². The first-order chi connectivity index (χ1) is 17.6. The monoisotopic (exact) mass is 533 g/mol. The number of ether oxygens (including phenoxy) is 2. The molecule has 0 amide bonds. The highest BCUT2D eigenvalue weighted by Gasteiger charge is 2.47.